The summed E-state index contributed by atoms with van der Waals surface area (Å²) < 4.78 is 0. The zero-order valence-corrected chi connectivity index (χ0v) is 13.5. The van der Waals surface area contributed by atoms with Gasteiger partial charge in [0.25, 0.3) is 0 Å². The van der Waals surface area contributed by atoms with Gasteiger partial charge in [0.05, 0.1) is 24.1 Å². The van der Waals surface area contributed by atoms with E-state index in [0.29, 0.717) is 6.04 Å². The van der Waals surface area contributed by atoms with Crippen LogP contribution < -0.4 is 15.1 Å². The van der Waals surface area contributed by atoms with Crippen molar-refractivity contribution >= 4 is 11.4 Å². The van der Waals surface area contributed by atoms with Crippen molar-refractivity contribution < 1.29 is 0 Å². The summed E-state index contributed by atoms with van der Waals surface area (Å²) >= 11 is 0. The number of benzene rings is 2. The number of rotatable bonds is 6. The van der Waals surface area contributed by atoms with Gasteiger partial charge in [-0.1, -0.05) is 42.5 Å². The van der Waals surface area contributed by atoms with Crippen LogP contribution in [0.1, 0.15) is 24.9 Å². The number of nitrogens with one attached hydrogen (secondary N) is 1. The second-order valence-electron chi connectivity index (χ2n) is 5.77. The normalized spacial score (nSPS) is 15.0. The zero-order valence-electron chi connectivity index (χ0n) is 13.5. The fourth-order valence-corrected chi connectivity index (χ4v) is 3.31. The van der Waals surface area contributed by atoms with Crippen LogP contribution in [0.4, 0.5) is 11.4 Å². The lowest BCUT2D eigenvalue weighted by atomic mass is 10.0. The molecule has 3 nitrogen and oxygen atoms in total. The molecule has 1 N–H and O–H groups in total. The first-order valence-electron chi connectivity index (χ1n) is 8.15. The highest BCUT2D eigenvalue weighted by atomic mass is 15.4. The summed E-state index contributed by atoms with van der Waals surface area (Å²) in [4.78, 5) is 5.00. The molecule has 1 aliphatic heterocycles. The van der Waals surface area contributed by atoms with Gasteiger partial charge in [-0.3, -0.25) is 0 Å². The van der Waals surface area contributed by atoms with Gasteiger partial charge in [-0.25, -0.2) is 0 Å². The quantitative estimate of drug-likeness (QED) is 0.878. The van der Waals surface area contributed by atoms with E-state index in [2.05, 4.69) is 76.6 Å². The molecule has 0 bridgehead atoms. The van der Waals surface area contributed by atoms with E-state index in [9.17, 15) is 0 Å². The maximum atomic E-state index is 3.30. The number of nitrogens with zero attached hydrogens (tertiary/aromatic N) is 2. The van der Waals surface area contributed by atoms with Crippen molar-refractivity contribution in [2.45, 2.75) is 19.4 Å². The van der Waals surface area contributed by atoms with Crippen molar-refractivity contribution in [1.82, 2.24) is 5.32 Å². The van der Waals surface area contributed by atoms with Crippen LogP contribution in [0.3, 0.4) is 0 Å². The van der Waals surface area contributed by atoms with E-state index in [0.717, 1.165) is 26.2 Å². The molecule has 1 unspecified atom stereocenters. The maximum Gasteiger partial charge on any atom is 0.0910 e. The summed E-state index contributed by atoms with van der Waals surface area (Å²) in [5.74, 6) is 0. The van der Waals surface area contributed by atoms with Gasteiger partial charge in [-0.05, 0) is 44.6 Å². The topological polar surface area (TPSA) is 18.5 Å². The minimum atomic E-state index is 0.409. The molecule has 1 aliphatic rings. The first kappa shape index (κ1) is 14.9. The second-order valence-corrected chi connectivity index (χ2v) is 5.77. The van der Waals surface area contributed by atoms with E-state index in [4.69, 9.17) is 0 Å². The molecule has 2 aromatic rings. The molecule has 116 valence electrons. The van der Waals surface area contributed by atoms with Crippen molar-refractivity contribution in [2.24, 2.45) is 0 Å². The van der Waals surface area contributed by atoms with Crippen LogP contribution in [0, 0.1) is 0 Å². The molecule has 0 saturated heterocycles. The molecule has 3 rings (SSSR count). The van der Waals surface area contributed by atoms with Crippen LogP contribution in [0.2, 0.25) is 0 Å². The number of hydrogen-bond acceptors (Lipinski definition) is 3. The van der Waals surface area contributed by atoms with E-state index in [-0.39, 0.29) is 0 Å². The maximum absolute atomic E-state index is 3.30. The summed E-state index contributed by atoms with van der Waals surface area (Å²) in [6.45, 7) is 5.26. The Balaban J connectivity index is 1.95. The van der Waals surface area contributed by atoms with Gasteiger partial charge < -0.3 is 15.1 Å². The first-order valence-corrected chi connectivity index (χ1v) is 8.15. The van der Waals surface area contributed by atoms with Crippen LogP contribution in [0.5, 0.6) is 0 Å². The zero-order chi connectivity index (χ0) is 15.4. The third-order valence-electron chi connectivity index (χ3n) is 4.46. The highest BCUT2D eigenvalue weighted by Crippen LogP contribution is 2.41. The molecule has 22 heavy (non-hydrogen) atoms. The van der Waals surface area contributed by atoms with Gasteiger partial charge in [-0.15, -0.1) is 0 Å². The summed E-state index contributed by atoms with van der Waals surface area (Å²) in [6, 6.07) is 20.0. The Hall–Kier alpha value is -2.00. The standard InChI is InChI=1S/C19H25N3/c1-3-21-15-22(19-12-8-7-11-18(19)21)17(13-14-20-2)16-9-5-4-6-10-16/h4-12,17,20H,3,13-15H2,1-2H3. The molecule has 0 saturated carbocycles. The highest BCUT2D eigenvalue weighted by molar-refractivity contribution is 5.76. The number of anilines is 2. The number of para-hydroxylation sites is 2. The average Bonchev–Trinajstić information content (AvgIpc) is 2.95. The van der Waals surface area contributed by atoms with Gasteiger partial charge in [0, 0.05) is 6.54 Å². The van der Waals surface area contributed by atoms with Crippen molar-refractivity contribution in [1.29, 1.82) is 0 Å². The molecular weight excluding hydrogens is 270 g/mol. The third kappa shape index (κ3) is 2.81. The van der Waals surface area contributed by atoms with Gasteiger partial charge in [0.15, 0.2) is 0 Å². The number of hydrogen-bond donors (Lipinski definition) is 1. The predicted octanol–water partition coefficient (Wildman–Crippen LogP) is 3.64. The van der Waals surface area contributed by atoms with Crippen molar-refractivity contribution in [3.8, 4) is 0 Å². The average molecular weight is 295 g/mol. The first-order chi connectivity index (χ1) is 10.8. The SMILES string of the molecule is CCN1CN(C(CCNC)c2ccccc2)c2ccccc21. The monoisotopic (exact) mass is 295 g/mol. The smallest absolute Gasteiger partial charge is 0.0910 e. The van der Waals surface area contributed by atoms with Crippen molar-refractivity contribution in [3.05, 3.63) is 60.2 Å². The molecule has 0 aromatic heterocycles. The molecule has 0 amide bonds. The molecule has 2 aromatic carbocycles. The van der Waals surface area contributed by atoms with E-state index in [1.54, 1.807) is 0 Å². The molecule has 0 radical (unpaired) electrons. The van der Waals surface area contributed by atoms with Gasteiger partial charge in [0.1, 0.15) is 0 Å². The lowest BCUT2D eigenvalue weighted by Gasteiger charge is -2.31. The summed E-state index contributed by atoms with van der Waals surface area (Å²) in [7, 11) is 2.03. The minimum absolute atomic E-state index is 0.409. The van der Waals surface area contributed by atoms with Crippen LogP contribution in [-0.2, 0) is 0 Å². The van der Waals surface area contributed by atoms with E-state index in [1.165, 1.54) is 16.9 Å². The Morgan fingerprint density at radius 1 is 1.00 bits per heavy atom. The van der Waals surface area contributed by atoms with E-state index >= 15 is 0 Å². The molecule has 3 heteroatoms. The summed E-state index contributed by atoms with van der Waals surface area (Å²) in [5.41, 5.74) is 4.11. The van der Waals surface area contributed by atoms with Crippen molar-refractivity contribution in [3.63, 3.8) is 0 Å². The van der Waals surface area contributed by atoms with Gasteiger partial charge >= 0.3 is 0 Å². The van der Waals surface area contributed by atoms with Crippen LogP contribution >= 0.6 is 0 Å². The van der Waals surface area contributed by atoms with E-state index < -0.39 is 0 Å². The highest BCUT2D eigenvalue weighted by Gasteiger charge is 2.30. The lowest BCUT2D eigenvalue weighted by molar-refractivity contribution is 0.563. The Bertz CT molecular complexity index is 597. The summed E-state index contributed by atoms with van der Waals surface area (Å²) in [6.07, 6.45) is 1.10. The molecule has 1 heterocycles. The van der Waals surface area contributed by atoms with E-state index in [1.807, 2.05) is 7.05 Å². The molecule has 0 fully saturated rings. The number of fused-ring (bicyclic) bond motifs is 1. The van der Waals surface area contributed by atoms with Crippen LogP contribution in [0.25, 0.3) is 0 Å². The molecular formula is C19H25N3. The third-order valence-corrected chi connectivity index (χ3v) is 4.46. The molecule has 0 aliphatic carbocycles. The van der Waals surface area contributed by atoms with Crippen LogP contribution in [-0.4, -0.2) is 26.8 Å². The van der Waals surface area contributed by atoms with Crippen molar-refractivity contribution in [2.75, 3.05) is 36.6 Å². The lowest BCUT2D eigenvalue weighted by Crippen LogP contribution is -2.35. The predicted molar refractivity (Wildman–Crippen MR) is 94.5 cm³/mol. The Morgan fingerprint density at radius 3 is 2.36 bits per heavy atom. The largest absolute Gasteiger partial charge is 0.352 e. The Morgan fingerprint density at radius 2 is 1.68 bits per heavy atom. The summed E-state index contributed by atoms with van der Waals surface area (Å²) in [5, 5.41) is 3.30. The van der Waals surface area contributed by atoms with Gasteiger partial charge in [0.2, 0.25) is 0 Å². The minimum Gasteiger partial charge on any atom is -0.352 e. The Kier molecular flexibility index (Phi) is 4.64. The molecule has 1 atom stereocenters. The van der Waals surface area contributed by atoms with Crippen LogP contribution in [0.15, 0.2) is 54.6 Å². The Labute approximate surface area is 133 Å². The van der Waals surface area contributed by atoms with Gasteiger partial charge in [-0.2, -0.15) is 0 Å². The fourth-order valence-electron chi connectivity index (χ4n) is 3.31. The fraction of sp³-hybridized carbons (Fsp3) is 0.368. The molecule has 0 spiro atoms. The second kappa shape index (κ2) is 6.84.